The second-order valence-corrected chi connectivity index (χ2v) is 9.65. The number of hydrogen-bond donors (Lipinski definition) is 2. The summed E-state index contributed by atoms with van der Waals surface area (Å²) in [7, 11) is 1.55. The van der Waals surface area contributed by atoms with Crippen LogP contribution in [-0.4, -0.2) is 23.8 Å². The van der Waals surface area contributed by atoms with Crippen LogP contribution in [0.5, 0.6) is 5.75 Å². The number of ether oxygens (including phenoxy) is 1. The standard InChI is InChI=1S/C27H28ClN3O2S/c1-27(2,3)19-12-9-17(10-13-19)25(29)31-26(34)30-20-14-11-18(24(16-20)33-4)15-23(32)21-7-5-6-8-22(21)28/h5-14,16H,15H2,1-4H3,(H3,29,30,31,34). The molecular formula is C27H28ClN3O2S. The maximum absolute atomic E-state index is 12.7. The van der Waals surface area contributed by atoms with E-state index in [1.165, 1.54) is 5.56 Å². The third-order valence-corrected chi connectivity index (χ3v) is 5.86. The lowest BCUT2D eigenvalue weighted by atomic mass is 9.87. The average molecular weight is 494 g/mol. The van der Waals surface area contributed by atoms with Gasteiger partial charge in [-0.2, -0.15) is 0 Å². The number of amidine groups is 1. The van der Waals surface area contributed by atoms with E-state index in [-0.39, 0.29) is 22.7 Å². The smallest absolute Gasteiger partial charge is 0.199 e. The van der Waals surface area contributed by atoms with E-state index in [0.717, 1.165) is 11.1 Å². The molecule has 0 aliphatic carbocycles. The summed E-state index contributed by atoms with van der Waals surface area (Å²) in [5.74, 6) is 0.796. The third kappa shape index (κ3) is 6.43. The first-order valence-electron chi connectivity index (χ1n) is 10.8. The number of hydrogen-bond acceptors (Lipinski definition) is 3. The van der Waals surface area contributed by atoms with Crippen molar-refractivity contribution in [1.82, 2.24) is 0 Å². The number of rotatable bonds is 6. The summed E-state index contributed by atoms with van der Waals surface area (Å²) in [6, 6.07) is 20.4. The maximum Gasteiger partial charge on any atom is 0.199 e. The summed E-state index contributed by atoms with van der Waals surface area (Å²) in [5.41, 5.74) is 10.1. The Labute approximate surface area is 211 Å². The normalized spacial score (nSPS) is 11.7. The minimum Gasteiger partial charge on any atom is -0.496 e. The summed E-state index contributed by atoms with van der Waals surface area (Å²) >= 11 is 11.5. The predicted molar refractivity (Wildman–Crippen MR) is 145 cm³/mol. The van der Waals surface area contributed by atoms with Crippen molar-refractivity contribution in [2.75, 3.05) is 12.4 Å². The summed E-state index contributed by atoms with van der Waals surface area (Å²) in [6.45, 7) is 6.47. The maximum atomic E-state index is 12.7. The van der Waals surface area contributed by atoms with Gasteiger partial charge in [0.1, 0.15) is 11.6 Å². The van der Waals surface area contributed by atoms with Gasteiger partial charge in [0, 0.05) is 34.9 Å². The Hall–Kier alpha value is -3.22. The van der Waals surface area contributed by atoms with Crippen LogP contribution in [0.3, 0.4) is 0 Å². The Kier molecular flexibility index (Phi) is 8.07. The van der Waals surface area contributed by atoms with Crippen molar-refractivity contribution in [3.63, 3.8) is 0 Å². The number of carbonyl (C=O) groups excluding carboxylic acids is 1. The zero-order valence-corrected chi connectivity index (χ0v) is 21.3. The van der Waals surface area contributed by atoms with Gasteiger partial charge in [0.25, 0.3) is 0 Å². The number of thiocarbonyl (C=S) groups is 1. The van der Waals surface area contributed by atoms with Crippen LogP contribution in [0, 0.1) is 0 Å². The molecule has 5 nitrogen and oxygen atoms in total. The Balaban J connectivity index is 1.71. The van der Waals surface area contributed by atoms with Gasteiger partial charge in [0.15, 0.2) is 10.9 Å². The quantitative estimate of drug-likeness (QED) is 0.186. The number of benzene rings is 3. The fourth-order valence-electron chi connectivity index (χ4n) is 3.39. The van der Waals surface area contributed by atoms with Crippen molar-refractivity contribution in [3.05, 3.63) is 94.0 Å². The average Bonchev–Trinajstić information content (AvgIpc) is 2.79. The topological polar surface area (TPSA) is 76.7 Å². The molecule has 3 aromatic carbocycles. The van der Waals surface area contributed by atoms with Crippen LogP contribution >= 0.6 is 23.8 Å². The number of Topliss-reactive ketones (excluding diaryl/α,β-unsaturated/α-hetero) is 1. The van der Waals surface area contributed by atoms with Crippen LogP contribution in [0.25, 0.3) is 0 Å². The van der Waals surface area contributed by atoms with Gasteiger partial charge in [0.2, 0.25) is 0 Å². The van der Waals surface area contributed by atoms with Gasteiger partial charge in [-0.1, -0.05) is 74.8 Å². The number of methoxy groups -OCH3 is 1. The molecular weight excluding hydrogens is 466 g/mol. The van der Waals surface area contributed by atoms with Gasteiger partial charge in [-0.05, 0) is 41.4 Å². The highest BCUT2D eigenvalue weighted by Crippen LogP contribution is 2.26. The fourth-order valence-corrected chi connectivity index (χ4v) is 3.85. The van der Waals surface area contributed by atoms with Crippen LogP contribution in [0.2, 0.25) is 5.02 Å². The molecule has 0 bridgehead atoms. The largest absolute Gasteiger partial charge is 0.496 e. The molecule has 0 amide bonds. The number of nitrogens with two attached hydrogens (primary N) is 1. The van der Waals surface area contributed by atoms with Gasteiger partial charge in [0.05, 0.1) is 12.1 Å². The molecule has 0 saturated carbocycles. The van der Waals surface area contributed by atoms with E-state index in [4.69, 9.17) is 34.3 Å². The van der Waals surface area contributed by atoms with Crippen LogP contribution in [0.15, 0.2) is 71.7 Å². The van der Waals surface area contributed by atoms with Crippen molar-refractivity contribution in [2.24, 2.45) is 10.7 Å². The first kappa shape index (κ1) is 25.4. The molecule has 0 heterocycles. The summed E-state index contributed by atoms with van der Waals surface area (Å²) in [5, 5.41) is 3.70. The number of nitrogens with one attached hydrogen (secondary N) is 1. The molecule has 3 rings (SSSR count). The van der Waals surface area contributed by atoms with Crippen LogP contribution in [-0.2, 0) is 11.8 Å². The number of aliphatic imine (C=N–C) groups is 1. The predicted octanol–water partition coefficient (Wildman–Crippen LogP) is 6.17. The molecule has 34 heavy (non-hydrogen) atoms. The lowest BCUT2D eigenvalue weighted by Crippen LogP contribution is -2.19. The third-order valence-electron chi connectivity index (χ3n) is 5.33. The molecule has 7 heteroatoms. The molecule has 0 spiro atoms. The van der Waals surface area contributed by atoms with Gasteiger partial charge in [-0.3, -0.25) is 4.79 Å². The first-order chi connectivity index (χ1) is 16.1. The Morgan fingerprint density at radius 2 is 1.76 bits per heavy atom. The van der Waals surface area contributed by atoms with Gasteiger partial charge in [-0.15, -0.1) is 0 Å². The molecule has 0 radical (unpaired) electrons. The molecule has 0 saturated heterocycles. The number of anilines is 1. The van der Waals surface area contributed by atoms with Crippen molar-refractivity contribution in [3.8, 4) is 5.75 Å². The minimum atomic E-state index is -0.0880. The highest BCUT2D eigenvalue weighted by molar-refractivity contribution is 7.80. The molecule has 0 aliphatic heterocycles. The van der Waals surface area contributed by atoms with E-state index in [2.05, 4.69) is 31.1 Å². The SMILES string of the molecule is COc1cc(NC(=S)N=C(N)c2ccc(C(C)(C)C)cc2)ccc1CC(=O)c1ccccc1Cl. The fraction of sp³-hybridized carbons (Fsp3) is 0.222. The van der Waals surface area contributed by atoms with E-state index < -0.39 is 0 Å². The first-order valence-corrected chi connectivity index (χ1v) is 11.6. The summed E-state index contributed by atoms with van der Waals surface area (Å²) < 4.78 is 5.49. The number of carbonyl (C=O) groups is 1. The molecule has 0 unspecified atom stereocenters. The lowest BCUT2D eigenvalue weighted by molar-refractivity contribution is 0.0992. The zero-order valence-electron chi connectivity index (χ0n) is 19.7. The Bertz CT molecular complexity index is 1230. The van der Waals surface area contributed by atoms with Crippen molar-refractivity contribution < 1.29 is 9.53 Å². The second-order valence-electron chi connectivity index (χ2n) is 8.86. The van der Waals surface area contributed by atoms with E-state index in [0.29, 0.717) is 27.9 Å². The van der Waals surface area contributed by atoms with Crippen LogP contribution in [0.1, 0.15) is 47.8 Å². The second kappa shape index (κ2) is 10.8. The van der Waals surface area contributed by atoms with Gasteiger partial charge in [-0.25, -0.2) is 4.99 Å². The van der Waals surface area contributed by atoms with E-state index >= 15 is 0 Å². The van der Waals surface area contributed by atoms with Crippen LogP contribution < -0.4 is 15.8 Å². The molecule has 3 aromatic rings. The number of halogens is 1. The van der Waals surface area contributed by atoms with Gasteiger partial charge < -0.3 is 15.8 Å². The van der Waals surface area contributed by atoms with E-state index in [1.807, 2.05) is 36.4 Å². The molecule has 0 fully saturated rings. The molecule has 0 aromatic heterocycles. The van der Waals surface area contributed by atoms with Crippen molar-refractivity contribution in [2.45, 2.75) is 32.6 Å². The molecule has 0 atom stereocenters. The number of nitrogens with zero attached hydrogens (tertiary/aromatic N) is 1. The molecule has 0 aliphatic rings. The highest BCUT2D eigenvalue weighted by Gasteiger charge is 2.15. The van der Waals surface area contributed by atoms with Crippen LogP contribution in [0.4, 0.5) is 5.69 Å². The van der Waals surface area contributed by atoms with E-state index in [9.17, 15) is 4.79 Å². The van der Waals surface area contributed by atoms with Gasteiger partial charge >= 0.3 is 0 Å². The number of ketones is 1. The lowest BCUT2D eigenvalue weighted by Gasteiger charge is -2.19. The monoisotopic (exact) mass is 493 g/mol. The zero-order chi connectivity index (χ0) is 24.9. The summed E-state index contributed by atoms with van der Waals surface area (Å²) in [6.07, 6.45) is 0.160. The Morgan fingerprint density at radius 1 is 1.09 bits per heavy atom. The minimum absolute atomic E-state index is 0.0600. The van der Waals surface area contributed by atoms with Crippen molar-refractivity contribution in [1.29, 1.82) is 0 Å². The highest BCUT2D eigenvalue weighted by atomic mass is 35.5. The molecule has 3 N–H and O–H groups in total. The Morgan fingerprint density at radius 3 is 2.38 bits per heavy atom. The molecule has 176 valence electrons. The van der Waals surface area contributed by atoms with E-state index in [1.54, 1.807) is 37.4 Å². The van der Waals surface area contributed by atoms with Crippen molar-refractivity contribution >= 4 is 46.2 Å². The summed E-state index contributed by atoms with van der Waals surface area (Å²) in [4.78, 5) is 17.0.